The molecule has 4 heterocycles. The Bertz CT molecular complexity index is 1140. The Morgan fingerprint density at radius 2 is 1.84 bits per heavy atom. The Morgan fingerprint density at radius 1 is 1.06 bits per heavy atom. The van der Waals surface area contributed by atoms with Crippen molar-refractivity contribution >= 4 is 29.1 Å². The highest BCUT2D eigenvalue weighted by Gasteiger charge is 2.74. The number of aryl methyl sites for hydroxylation is 2. The molecule has 0 aliphatic carbocycles. The summed E-state index contributed by atoms with van der Waals surface area (Å²) >= 11 is 0. The highest BCUT2D eigenvalue weighted by atomic mass is 16.2. The number of rotatable bonds is 2. The van der Waals surface area contributed by atoms with E-state index in [1.165, 1.54) is 4.90 Å². The molecule has 6 heteroatoms. The zero-order valence-corrected chi connectivity index (χ0v) is 17.7. The van der Waals surface area contributed by atoms with Gasteiger partial charge in [0.25, 0.3) is 0 Å². The molecule has 0 aromatic heterocycles. The molecular formula is C25H25N3O3. The number of imide groups is 1. The van der Waals surface area contributed by atoms with Gasteiger partial charge in [-0.1, -0.05) is 36.8 Å². The number of fused-ring (bicyclic) bond motifs is 7. The zero-order valence-electron chi connectivity index (χ0n) is 17.7. The van der Waals surface area contributed by atoms with Gasteiger partial charge >= 0.3 is 0 Å². The quantitative estimate of drug-likeness (QED) is 0.766. The molecular weight excluding hydrogens is 390 g/mol. The predicted octanol–water partition coefficient (Wildman–Crippen LogP) is 2.99. The average molecular weight is 415 g/mol. The van der Waals surface area contributed by atoms with Crippen LogP contribution in [0.3, 0.4) is 0 Å². The van der Waals surface area contributed by atoms with Crippen LogP contribution in [0.1, 0.15) is 36.5 Å². The first-order valence-electron chi connectivity index (χ1n) is 11.1. The van der Waals surface area contributed by atoms with Gasteiger partial charge < -0.3 is 5.32 Å². The molecule has 158 valence electrons. The van der Waals surface area contributed by atoms with E-state index in [2.05, 4.69) is 23.2 Å². The maximum absolute atomic E-state index is 13.9. The van der Waals surface area contributed by atoms with Gasteiger partial charge in [-0.3, -0.25) is 19.3 Å². The van der Waals surface area contributed by atoms with E-state index >= 15 is 0 Å². The summed E-state index contributed by atoms with van der Waals surface area (Å²) in [4.78, 5) is 44.7. The van der Waals surface area contributed by atoms with Crippen LogP contribution < -0.4 is 10.2 Å². The van der Waals surface area contributed by atoms with Gasteiger partial charge in [0.2, 0.25) is 17.7 Å². The molecule has 4 aliphatic heterocycles. The molecule has 6 rings (SSSR count). The topological polar surface area (TPSA) is 69.7 Å². The van der Waals surface area contributed by atoms with Crippen molar-refractivity contribution in [3.63, 3.8) is 0 Å². The second-order valence-corrected chi connectivity index (χ2v) is 9.21. The normalized spacial score (nSPS) is 31.4. The number of amides is 3. The summed E-state index contributed by atoms with van der Waals surface area (Å²) in [5.74, 6) is -1.76. The van der Waals surface area contributed by atoms with Crippen LogP contribution in [0.15, 0.2) is 42.5 Å². The summed E-state index contributed by atoms with van der Waals surface area (Å²) in [6.45, 7) is 4.78. The third-order valence-electron chi connectivity index (χ3n) is 7.76. The summed E-state index contributed by atoms with van der Waals surface area (Å²) < 4.78 is 0. The minimum absolute atomic E-state index is 0.0844. The maximum Gasteiger partial charge on any atom is 0.250 e. The Kier molecular flexibility index (Phi) is 3.79. The number of nitrogens with zero attached hydrogens (tertiary/aromatic N) is 2. The number of hydrogen-bond donors (Lipinski definition) is 1. The van der Waals surface area contributed by atoms with Crippen molar-refractivity contribution in [1.82, 2.24) is 4.90 Å². The van der Waals surface area contributed by atoms with Crippen molar-refractivity contribution in [3.05, 3.63) is 59.2 Å². The lowest BCUT2D eigenvalue weighted by Gasteiger charge is -2.36. The SMILES string of the molecule is CCc1ccc2c(c1)[C@]1(C(=O)N2)[C@@H]2C(=O)N(c3ccc(C)cc3)C(=O)[C@H]2[C@@H]2CCCN21. The van der Waals surface area contributed by atoms with E-state index in [0.29, 0.717) is 5.69 Å². The molecule has 0 saturated carbocycles. The summed E-state index contributed by atoms with van der Waals surface area (Å²) in [6.07, 6.45) is 2.61. The van der Waals surface area contributed by atoms with Crippen LogP contribution in [0.4, 0.5) is 11.4 Å². The molecule has 3 saturated heterocycles. The molecule has 0 unspecified atom stereocenters. The van der Waals surface area contributed by atoms with Gasteiger partial charge in [-0.15, -0.1) is 0 Å². The van der Waals surface area contributed by atoms with Crippen molar-refractivity contribution in [2.24, 2.45) is 11.8 Å². The first-order valence-corrected chi connectivity index (χ1v) is 11.1. The van der Waals surface area contributed by atoms with Gasteiger partial charge in [-0.05, 0) is 56.5 Å². The summed E-state index contributed by atoms with van der Waals surface area (Å²) in [6, 6.07) is 13.4. The van der Waals surface area contributed by atoms with Crippen molar-refractivity contribution in [1.29, 1.82) is 0 Å². The van der Waals surface area contributed by atoms with Crippen molar-refractivity contribution in [2.75, 3.05) is 16.8 Å². The van der Waals surface area contributed by atoms with E-state index in [1.54, 1.807) is 0 Å². The van der Waals surface area contributed by atoms with Gasteiger partial charge in [0, 0.05) is 17.3 Å². The van der Waals surface area contributed by atoms with E-state index in [1.807, 2.05) is 43.3 Å². The van der Waals surface area contributed by atoms with Gasteiger partial charge in [-0.2, -0.15) is 0 Å². The number of anilines is 2. The number of carbonyl (C=O) groups is 3. The van der Waals surface area contributed by atoms with Crippen LogP contribution in [0.2, 0.25) is 0 Å². The van der Waals surface area contributed by atoms with Gasteiger partial charge in [0.15, 0.2) is 0 Å². The fraction of sp³-hybridized carbons (Fsp3) is 0.400. The number of nitrogens with one attached hydrogen (secondary N) is 1. The van der Waals surface area contributed by atoms with Crippen LogP contribution in [-0.4, -0.2) is 35.2 Å². The van der Waals surface area contributed by atoms with Crippen LogP contribution in [0.5, 0.6) is 0 Å². The maximum atomic E-state index is 13.9. The minimum Gasteiger partial charge on any atom is -0.324 e. The molecule has 2 aromatic carbocycles. The van der Waals surface area contributed by atoms with Crippen LogP contribution in [-0.2, 0) is 26.3 Å². The van der Waals surface area contributed by atoms with Crippen LogP contribution in [0.25, 0.3) is 0 Å². The van der Waals surface area contributed by atoms with E-state index in [0.717, 1.165) is 48.2 Å². The third-order valence-corrected chi connectivity index (χ3v) is 7.76. The van der Waals surface area contributed by atoms with Crippen LogP contribution >= 0.6 is 0 Å². The number of benzene rings is 2. The first kappa shape index (κ1) is 18.8. The van der Waals surface area contributed by atoms with Gasteiger partial charge in [0.05, 0.1) is 17.5 Å². The molecule has 31 heavy (non-hydrogen) atoms. The lowest BCUT2D eigenvalue weighted by molar-refractivity contribution is -0.135. The lowest BCUT2D eigenvalue weighted by Crippen LogP contribution is -2.54. The highest BCUT2D eigenvalue weighted by Crippen LogP contribution is 2.60. The van der Waals surface area contributed by atoms with E-state index in [9.17, 15) is 14.4 Å². The third kappa shape index (κ3) is 2.18. The van der Waals surface area contributed by atoms with Crippen molar-refractivity contribution in [3.8, 4) is 0 Å². The molecule has 1 spiro atoms. The standard InChI is InChI=1S/C25H25N3O3/c1-3-15-8-11-18-17(13-15)25(24(31)26-18)21-20(19-5-4-12-27(19)25)22(29)28(23(21)30)16-9-6-14(2)7-10-16/h6-11,13,19-21H,3-5,12H2,1-2H3,(H,26,31)/t19-,20-,21-,25+/m0/s1. The van der Waals surface area contributed by atoms with Crippen molar-refractivity contribution < 1.29 is 14.4 Å². The number of hydrogen-bond acceptors (Lipinski definition) is 4. The summed E-state index contributed by atoms with van der Waals surface area (Å²) in [5.41, 5.74) is 3.32. The fourth-order valence-electron chi connectivity index (χ4n) is 6.42. The van der Waals surface area contributed by atoms with Gasteiger partial charge in [0.1, 0.15) is 5.54 Å². The minimum atomic E-state index is -1.10. The van der Waals surface area contributed by atoms with E-state index < -0.39 is 17.4 Å². The molecule has 4 atom stereocenters. The summed E-state index contributed by atoms with van der Waals surface area (Å²) in [7, 11) is 0. The Balaban J connectivity index is 1.55. The molecule has 3 amide bonds. The lowest BCUT2D eigenvalue weighted by atomic mass is 9.75. The van der Waals surface area contributed by atoms with E-state index in [-0.39, 0.29) is 23.8 Å². The molecule has 2 aromatic rings. The first-order chi connectivity index (χ1) is 15.0. The molecule has 0 bridgehead atoms. The second-order valence-electron chi connectivity index (χ2n) is 9.21. The highest BCUT2D eigenvalue weighted by molar-refractivity contribution is 6.25. The molecule has 4 aliphatic rings. The van der Waals surface area contributed by atoms with Crippen molar-refractivity contribution in [2.45, 2.75) is 44.7 Å². The fourth-order valence-corrected chi connectivity index (χ4v) is 6.42. The molecule has 3 fully saturated rings. The Labute approximate surface area is 181 Å². The Morgan fingerprint density at radius 3 is 2.58 bits per heavy atom. The zero-order chi connectivity index (χ0) is 21.5. The average Bonchev–Trinajstić information content (AvgIpc) is 3.47. The molecule has 6 nitrogen and oxygen atoms in total. The van der Waals surface area contributed by atoms with Gasteiger partial charge in [-0.25, -0.2) is 4.90 Å². The Hall–Kier alpha value is -2.99. The largest absolute Gasteiger partial charge is 0.324 e. The predicted molar refractivity (Wildman–Crippen MR) is 117 cm³/mol. The van der Waals surface area contributed by atoms with Crippen LogP contribution in [0, 0.1) is 18.8 Å². The molecule has 1 N–H and O–H groups in total. The second kappa shape index (κ2) is 6.26. The summed E-state index contributed by atoms with van der Waals surface area (Å²) in [5, 5.41) is 3.04. The number of carbonyl (C=O) groups excluding carboxylic acids is 3. The van der Waals surface area contributed by atoms with E-state index in [4.69, 9.17) is 0 Å². The smallest absolute Gasteiger partial charge is 0.250 e. The monoisotopic (exact) mass is 415 g/mol. The molecule has 0 radical (unpaired) electrons.